The van der Waals surface area contributed by atoms with Gasteiger partial charge in [-0.25, -0.2) is 0 Å². The zero-order chi connectivity index (χ0) is 17.0. The minimum absolute atomic E-state index is 0.214. The number of carbonyl (C=O) groups excluding carboxylic acids is 1. The maximum Gasteiger partial charge on any atom is 0.289 e. The van der Waals surface area contributed by atoms with Crippen LogP contribution in [0.4, 0.5) is 0 Å². The zero-order valence-corrected chi connectivity index (χ0v) is 14.4. The molecule has 0 radical (unpaired) electrons. The van der Waals surface area contributed by atoms with Crippen LogP contribution < -0.4 is 9.47 Å². The molecule has 0 aliphatic heterocycles. The lowest BCUT2D eigenvalue weighted by Crippen LogP contribution is -2.26. The summed E-state index contributed by atoms with van der Waals surface area (Å²) in [6, 6.07) is 7.16. The molecule has 2 aromatic rings. The van der Waals surface area contributed by atoms with Crippen LogP contribution in [-0.2, 0) is 12.4 Å². The third-order valence-electron chi connectivity index (χ3n) is 3.62. The van der Waals surface area contributed by atoms with Gasteiger partial charge < -0.3 is 18.8 Å². The predicted molar refractivity (Wildman–Crippen MR) is 88.3 cm³/mol. The van der Waals surface area contributed by atoms with Crippen molar-refractivity contribution < 1.29 is 18.7 Å². The van der Waals surface area contributed by atoms with Crippen LogP contribution in [-0.4, -0.2) is 32.1 Å². The highest BCUT2D eigenvalue weighted by atomic mass is 35.5. The van der Waals surface area contributed by atoms with E-state index in [4.69, 9.17) is 25.5 Å². The van der Waals surface area contributed by atoms with Gasteiger partial charge >= 0.3 is 0 Å². The Hall–Kier alpha value is -2.14. The number of methoxy groups -OCH3 is 2. The van der Waals surface area contributed by atoms with E-state index in [9.17, 15) is 4.79 Å². The van der Waals surface area contributed by atoms with E-state index in [-0.39, 0.29) is 11.7 Å². The van der Waals surface area contributed by atoms with Crippen molar-refractivity contribution in [2.24, 2.45) is 0 Å². The van der Waals surface area contributed by atoms with Crippen LogP contribution in [0.2, 0.25) is 0 Å². The normalized spacial score (nSPS) is 10.5. The van der Waals surface area contributed by atoms with E-state index in [1.807, 2.05) is 18.2 Å². The molecule has 0 N–H and O–H groups in total. The van der Waals surface area contributed by atoms with Crippen LogP contribution in [0.1, 0.15) is 27.4 Å². The van der Waals surface area contributed by atoms with Gasteiger partial charge in [-0.3, -0.25) is 4.79 Å². The summed E-state index contributed by atoms with van der Waals surface area (Å²) in [4.78, 5) is 14.1. The van der Waals surface area contributed by atoms with E-state index >= 15 is 0 Å². The van der Waals surface area contributed by atoms with Crippen molar-refractivity contribution in [1.82, 2.24) is 4.90 Å². The Morgan fingerprint density at radius 3 is 2.52 bits per heavy atom. The molecule has 0 bridgehead atoms. The lowest BCUT2D eigenvalue weighted by Gasteiger charge is -2.18. The van der Waals surface area contributed by atoms with Crippen molar-refractivity contribution in [3.8, 4) is 11.5 Å². The van der Waals surface area contributed by atoms with Gasteiger partial charge in [0, 0.05) is 24.7 Å². The number of nitrogens with zero attached hydrogens (tertiary/aromatic N) is 1. The number of rotatable bonds is 6. The topological polar surface area (TPSA) is 51.9 Å². The summed E-state index contributed by atoms with van der Waals surface area (Å²) in [7, 11) is 4.90. The molecule has 0 saturated carbocycles. The van der Waals surface area contributed by atoms with E-state index in [1.54, 1.807) is 39.2 Å². The summed E-state index contributed by atoms with van der Waals surface area (Å²) in [6.45, 7) is 2.16. The molecule has 1 heterocycles. The number of benzene rings is 1. The van der Waals surface area contributed by atoms with E-state index in [2.05, 4.69) is 0 Å². The first kappa shape index (κ1) is 17.2. The Morgan fingerprint density at radius 2 is 1.96 bits per heavy atom. The smallest absolute Gasteiger partial charge is 0.289 e. The van der Waals surface area contributed by atoms with E-state index < -0.39 is 0 Å². The number of halogens is 1. The van der Waals surface area contributed by atoms with Gasteiger partial charge in [0.2, 0.25) is 0 Å². The molecule has 0 fully saturated rings. The van der Waals surface area contributed by atoms with Gasteiger partial charge in [0.15, 0.2) is 5.76 Å². The molecule has 0 spiro atoms. The second-order valence-corrected chi connectivity index (χ2v) is 5.43. The van der Waals surface area contributed by atoms with Crippen LogP contribution in [0.3, 0.4) is 0 Å². The average molecular weight is 338 g/mol. The molecule has 6 heteroatoms. The van der Waals surface area contributed by atoms with Crippen LogP contribution in [0.15, 0.2) is 28.7 Å². The second kappa shape index (κ2) is 7.42. The fourth-order valence-electron chi connectivity index (χ4n) is 2.28. The largest absolute Gasteiger partial charge is 0.497 e. The summed E-state index contributed by atoms with van der Waals surface area (Å²) in [5.74, 6) is 2.45. The van der Waals surface area contributed by atoms with Crippen molar-refractivity contribution in [2.75, 3.05) is 21.3 Å². The second-order valence-electron chi connectivity index (χ2n) is 5.16. The summed E-state index contributed by atoms with van der Waals surface area (Å²) in [5, 5.41) is 0. The molecule has 0 atom stereocenters. The van der Waals surface area contributed by atoms with Gasteiger partial charge in [-0.05, 0) is 31.2 Å². The van der Waals surface area contributed by atoms with E-state index in [0.717, 1.165) is 11.1 Å². The standard InChI is InChI=1S/C17H20ClNO4/c1-11-12(9-18)8-16(23-11)17(20)19(2)10-13-7-14(21-3)5-6-15(13)22-4/h5-8H,9-10H2,1-4H3. The van der Waals surface area contributed by atoms with Crippen LogP contribution in [0, 0.1) is 6.92 Å². The molecule has 0 aliphatic rings. The van der Waals surface area contributed by atoms with Crippen LogP contribution >= 0.6 is 11.6 Å². The number of aryl methyl sites for hydroxylation is 1. The van der Waals surface area contributed by atoms with Gasteiger partial charge in [0.05, 0.1) is 20.1 Å². The van der Waals surface area contributed by atoms with Crippen molar-refractivity contribution in [3.63, 3.8) is 0 Å². The molecule has 0 unspecified atom stereocenters. The van der Waals surface area contributed by atoms with Crippen molar-refractivity contribution in [3.05, 3.63) is 46.9 Å². The van der Waals surface area contributed by atoms with Gasteiger partial charge in [-0.15, -0.1) is 11.6 Å². The Labute approximate surface area is 140 Å². The average Bonchev–Trinajstić information content (AvgIpc) is 2.94. The van der Waals surface area contributed by atoms with Gasteiger partial charge in [0.25, 0.3) is 5.91 Å². The lowest BCUT2D eigenvalue weighted by molar-refractivity contribution is 0.0751. The molecule has 1 amide bonds. The highest BCUT2D eigenvalue weighted by molar-refractivity contribution is 6.17. The number of ether oxygens (including phenoxy) is 2. The molecule has 0 saturated heterocycles. The molecule has 1 aromatic heterocycles. The maximum absolute atomic E-state index is 12.5. The molecule has 124 valence electrons. The summed E-state index contributed by atoms with van der Waals surface area (Å²) in [5.41, 5.74) is 1.67. The van der Waals surface area contributed by atoms with Gasteiger partial charge in [0.1, 0.15) is 17.3 Å². The third-order valence-corrected chi connectivity index (χ3v) is 3.91. The maximum atomic E-state index is 12.5. The summed E-state index contributed by atoms with van der Waals surface area (Å²) in [6.07, 6.45) is 0. The number of furan rings is 1. The van der Waals surface area contributed by atoms with Crippen molar-refractivity contribution in [2.45, 2.75) is 19.3 Å². The molecular weight excluding hydrogens is 318 g/mol. The highest BCUT2D eigenvalue weighted by Crippen LogP contribution is 2.26. The summed E-state index contributed by atoms with van der Waals surface area (Å²) >= 11 is 5.82. The Morgan fingerprint density at radius 1 is 1.22 bits per heavy atom. The quantitative estimate of drug-likeness (QED) is 0.755. The number of hydrogen-bond acceptors (Lipinski definition) is 4. The molecule has 1 aromatic carbocycles. The number of alkyl halides is 1. The Kier molecular flexibility index (Phi) is 5.55. The summed E-state index contributed by atoms with van der Waals surface area (Å²) < 4.78 is 16.1. The first-order chi connectivity index (χ1) is 11.0. The fourth-order valence-corrected chi connectivity index (χ4v) is 2.54. The molecule has 2 rings (SSSR count). The highest BCUT2D eigenvalue weighted by Gasteiger charge is 2.19. The molecule has 23 heavy (non-hydrogen) atoms. The minimum Gasteiger partial charge on any atom is -0.497 e. The van der Waals surface area contributed by atoms with E-state index in [0.29, 0.717) is 29.7 Å². The third kappa shape index (κ3) is 3.79. The minimum atomic E-state index is -0.214. The van der Waals surface area contributed by atoms with Crippen molar-refractivity contribution >= 4 is 17.5 Å². The Bertz CT molecular complexity index is 696. The van der Waals surface area contributed by atoms with Gasteiger partial charge in [-0.1, -0.05) is 0 Å². The molecule has 0 aliphatic carbocycles. The first-order valence-corrected chi connectivity index (χ1v) is 7.65. The molecule has 5 nitrogen and oxygen atoms in total. The number of carbonyl (C=O) groups is 1. The van der Waals surface area contributed by atoms with Crippen LogP contribution in [0.25, 0.3) is 0 Å². The van der Waals surface area contributed by atoms with Crippen molar-refractivity contribution in [1.29, 1.82) is 0 Å². The fraction of sp³-hybridized carbons (Fsp3) is 0.353. The SMILES string of the molecule is COc1ccc(OC)c(CN(C)C(=O)c2cc(CCl)c(C)o2)c1. The molecular formula is C17H20ClNO4. The zero-order valence-electron chi connectivity index (χ0n) is 13.7. The first-order valence-electron chi connectivity index (χ1n) is 7.11. The Balaban J connectivity index is 2.20. The monoisotopic (exact) mass is 337 g/mol. The number of amides is 1. The number of hydrogen-bond donors (Lipinski definition) is 0. The predicted octanol–water partition coefficient (Wildman–Crippen LogP) is 3.62. The van der Waals surface area contributed by atoms with Crippen LogP contribution in [0.5, 0.6) is 11.5 Å². The van der Waals surface area contributed by atoms with Gasteiger partial charge in [-0.2, -0.15) is 0 Å². The lowest BCUT2D eigenvalue weighted by atomic mass is 10.1. The van der Waals surface area contributed by atoms with E-state index in [1.165, 1.54) is 0 Å².